The van der Waals surface area contributed by atoms with Crippen molar-refractivity contribution in [2.24, 2.45) is 0 Å². The minimum absolute atomic E-state index is 0.254. The van der Waals surface area contributed by atoms with Crippen LogP contribution in [0.25, 0.3) is 17.0 Å². The quantitative estimate of drug-likeness (QED) is 0.512. The molecule has 8 heteroatoms. The summed E-state index contributed by atoms with van der Waals surface area (Å²) in [5.74, 6) is -0.706. The van der Waals surface area contributed by atoms with Crippen molar-refractivity contribution in [2.75, 3.05) is 6.61 Å². The first kappa shape index (κ1) is 17.4. The molecule has 27 heavy (non-hydrogen) atoms. The first-order chi connectivity index (χ1) is 13.1. The Morgan fingerprint density at radius 2 is 1.78 bits per heavy atom. The summed E-state index contributed by atoms with van der Waals surface area (Å²) in [4.78, 5) is 4.11. The highest BCUT2D eigenvalue weighted by atomic mass is 35.5. The number of ether oxygens (including phenoxy) is 1. The predicted octanol–water partition coefficient (Wildman–Crippen LogP) is 4.34. The van der Waals surface area contributed by atoms with E-state index < -0.39 is 11.6 Å². The largest absolute Gasteiger partial charge is 0.477 e. The number of aromatic nitrogens is 4. The van der Waals surface area contributed by atoms with Gasteiger partial charge < -0.3 is 4.74 Å². The highest BCUT2D eigenvalue weighted by Gasteiger charge is 2.13. The highest BCUT2D eigenvalue weighted by Crippen LogP contribution is 2.24. The molecule has 2 aromatic heterocycles. The molecule has 0 atom stereocenters. The van der Waals surface area contributed by atoms with Crippen LogP contribution in [0.2, 0.25) is 5.02 Å². The number of fused-ring (bicyclic) bond motifs is 1. The molecule has 0 amide bonds. The first-order valence-corrected chi connectivity index (χ1v) is 8.51. The van der Waals surface area contributed by atoms with Gasteiger partial charge in [-0.05, 0) is 42.0 Å². The van der Waals surface area contributed by atoms with Crippen molar-refractivity contribution in [1.29, 1.82) is 0 Å². The van der Waals surface area contributed by atoms with Gasteiger partial charge in [0, 0.05) is 17.0 Å². The zero-order chi connectivity index (χ0) is 18.8. The summed E-state index contributed by atoms with van der Waals surface area (Å²) in [6.45, 7) is 0.254. The summed E-state index contributed by atoms with van der Waals surface area (Å²) in [7, 11) is 0. The van der Waals surface area contributed by atoms with E-state index in [0.29, 0.717) is 34.4 Å². The fourth-order valence-electron chi connectivity index (χ4n) is 2.68. The van der Waals surface area contributed by atoms with Gasteiger partial charge in [-0.25, -0.2) is 13.2 Å². The third-order valence-corrected chi connectivity index (χ3v) is 4.26. The Hall–Kier alpha value is -3.06. The predicted molar refractivity (Wildman–Crippen MR) is 96.8 cm³/mol. The molecule has 5 nitrogen and oxygen atoms in total. The first-order valence-electron chi connectivity index (χ1n) is 8.13. The van der Waals surface area contributed by atoms with Gasteiger partial charge in [-0.2, -0.15) is 0 Å². The molecule has 2 heterocycles. The van der Waals surface area contributed by atoms with Crippen molar-refractivity contribution in [2.45, 2.75) is 6.42 Å². The van der Waals surface area contributed by atoms with E-state index >= 15 is 0 Å². The van der Waals surface area contributed by atoms with E-state index in [0.717, 1.165) is 17.7 Å². The molecule has 0 aliphatic carbocycles. The van der Waals surface area contributed by atoms with Gasteiger partial charge in [-0.1, -0.05) is 17.7 Å². The Bertz CT molecular complexity index is 1100. The normalized spacial score (nSPS) is 11.1. The monoisotopic (exact) mass is 386 g/mol. The van der Waals surface area contributed by atoms with E-state index in [2.05, 4.69) is 15.2 Å². The maximum atomic E-state index is 13.3. The van der Waals surface area contributed by atoms with Crippen LogP contribution < -0.4 is 4.74 Å². The number of rotatable bonds is 5. The van der Waals surface area contributed by atoms with Crippen molar-refractivity contribution < 1.29 is 13.5 Å². The molecular weight excluding hydrogens is 374 g/mol. The van der Waals surface area contributed by atoms with E-state index in [9.17, 15) is 8.78 Å². The van der Waals surface area contributed by atoms with Crippen LogP contribution in [0.5, 0.6) is 5.88 Å². The van der Waals surface area contributed by atoms with Gasteiger partial charge in [0.15, 0.2) is 23.1 Å². The van der Waals surface area contributed by atoms with Crippen molar-refractivity contribution in [3.05, 3.63) is 77.1 Å². The van der Waals surface area contributed by atoms with E-state index in [4.69, 9.17) is 16.3 Å². The Morgan fingerprint density at radius 3 is 2.56 bits per heavy atom. The number of hydrogen-bond donors (Lipinski definition) is 0. The maximum Gasteiger partial charge on any atom is 0.220 e. The van der Waals surface area contributed by atoms with Crippen molar-refractivity contribution >= 4 is 17.2 Å². The summed E-state index contributed by atoms with van der Waals surface area (Å²) in [6, 6.07) is 11.0. The molecule has 0 aliphatic rings. The SMILES string of the molecule is Fc1ccc(CCOc2cncc3nnc(-c4ccc(Cl)cc4)n23)cc1F. The lowest BCUT2D eigenvalue weighted by molar-refractivity contribution is 0.304. The topological polar surface area (TPSA) is 52.3 Å². The van der Waals surface area contributed by atoms with E-state index in [1.165, 1.54) is 6.07 Å². The van der Waals surface area contributed by atoms with Gasteiger partial charge >= 0.3 is 0 Å². The van der Waals surface area contributed by atoms with Gasteiger partial charge in [0.2, 0.25) is 5.88 Å². The third kappa shape index (κ3) is 3.59. The molecule has 0 radical (unpaired) electrons. The molecule has 0 bridgehead atoms. The summed E-state index contributed by atoms with van der Waals surface area (Å²) in [5, 5.41) is 8.94. The lowest BCUT2D eigenvalue weighted by atomic mass is 10.1. The fourth-order valence-corrected chi connectivity index (χ4v) is 2.80. The lowest BCUT2D eigenvalue weighted by Crippen LogP contribution is -2.06. The number of benzene rings is 2. The molecule has 4 rings (SSSR count). The molecule has 0 aliphatic heterocycles. The fraction of sp³-hybridized carbons (Fsp3) is 0.105. The van der Waals surface area contributed by atoms with E-state index in [1.54, 1.807) is 28.9 Å². The minimum atomic E-state index is -0.875. The Balaban J connectivity index is 1.59. The van der Waals surface area contributed by atoms with Gasteiger partial charge in [-0.15, -0.1) is 10.2 Å². The summed E-state index contributed by atoms with van der Waals surface area (Å²) >= 11 is 5.94. The summed E-state index contributed by atoms with van der Waals surface area (Å²) < 4.78 is 33.9. The van der Waals surface area contributed by atoms with Crippen LogP contribution in [0.1, 0.15) is 5.56 Å². The Labute approximate surface area is 158 Å². The lowest BCUT2D eigenvalue weighted by Gasteiger charge is -2.10. The van der Waals surface area contributed by atoms with E-state index in [1.807, 2.05) is 12.1 Å². The number of halogens is 3. The molecule has 2 aromatic carbocycles. The van der Waals surface area contributed by atoms with Crippen molar-refractivity contribution in [1.82, 2.24) is 19.6 Å². The average Bonchev–Trinajstić information content (AvgIpc) is 3.10. The molecule has 136 valence electrons. The number of nitrogens with zero attached hydrogens (tertiary/aromatic N) is 4. The molecule has 4 aromatic rings. The van der Waals surface area contributed by atoms with Crippen LogP contribution in [0.15, 0.2) is 54.9 Å². The third-order valence-electron chi connectivity index (χ3n) is 4.01. The Morgan fingerprint density at radius 1 is 0.963 bits per heavy atom. The number of hydrogen-bond acceptors (Lipinski definition) is 4. The van der Waals surface area contributed by atoms with Crippen molar-refractivity contribution in [3.63, 3.8) is 0 Å². The van der Waals surface area contributed by atoms with Crippen molar-refractivity contribution in [3.8, 4) is 17.3 Å². The average molecular weight is 387 g/mol. The molecule has 0 unspecified atom stereocenters. The summed E-state index contributed by atoms with van der Waals surface area (Å²) in [6.07, 6.45) is 3.54. The van der Waals surface area contributed by atoms with Gasteiger partial charge in [0.05, 0.1) is 19.0 Å². The van der Waals surface area contributed by atoms with Crippen LogP contribution in [-0.2, 0) is 6.42 Å². The Kier molecular flexibility index (Phi) is 4.68. The standard InChI is InChI=1S/C19H13ClF2N4O/c20-14-4-2-13(3-5-14)19-25-24-17-10-23-11-18(26(17)19)27-8-7-12-1-6-15(21)16(22)9-12/h1-6,9-11H,7-8H2. The molecule has 0 N–H and O–H groups in total. The highest BCUT2D eigenvalue weighted by molar-refractivity contribution is 6.30. The second-order valence-corrected chi connectivity index (χ2v) is 6.25. The minimum Gasteiger partial charge on any atom is -0.477 e. The van der Waals surface area contributed by atoms with Gasteiger partial charge in [-0.3, -0.25) is 4.98 Å². The molecule has 0 saturated carbocycles. The second-order valence-electron chi connectivity index (χ2n) is 5.82. The smallest absolute Gasteiger partial charge is 0.220 e. The molecule has 0 fully saturated rings. The maximum absolute atomic E-state index is 13.3. The second kappa shape index (κ2) is 7.28. The van der Waals surface area contributed by atoms with E-state index in [-0.39, 0.29) is 6.61 Å². The zero-order valence-electron chi connectivity index (χ0n) is 13.9. The van der Waals surface area contributed by atoms with Gasteiger partial charge in [0.1, 0.15) is 0 Å². The van der Waals surface area contributed by atoms with Crippen LogP contribution >= 0.6 is 11.6 Å². The van der Waals surface area contributed by atoms with Crippen LogP contribution in [-0.4, -0.2) is 26.2 Å². The zero-order valence-corrected chi connectivity index (χ0v) is 14.7. The van der Waals surface area contributed by atoms with Crippen LogP contribution in [0.4, 0.5) is 8.78 Å². The van der Waals surface area contributed by atoms with Crippen LogP contribution in [0.3, 0.4) is 0 Å². The summed E-state index contributed by atoms with van der Waals surface area (Å²) in [5.41, 5.74) is 1.99. The van der Waals surface area contributed by atoms with Crippen LogP contribution in [0, 0.1) is 11.6 Å². The molecule has 0 spiro atoms. The molecular formula is C19H13ClF2N4O. The molecule has 0 saturated heterocycles. The van der Waals surface area contributed by atoms with Gasteiger partial charge in [0.25, 0.3) is 0 Å².